The summed E-state index contributed by atoms with van der Waals surface area (Å²) in [6, 6.07) is 18.7. The number of hydrogen-bond donors (Lipinski definition) is 2. The molecule has 0 radical (unpaired) electrons. The average Bonchev–Trinajstić information content (AvgIpc) is 2.45. The number of hydrogen-bond acceptors (Lipinski definition) is 2. The highest BCUT2D eigenvalue weighted by Gasteiger charge is 2.16. The molecule has 2 rings (SSSR count). The summed E-state index contributed by atoms with van der Waals surface area (Å²) in [5.74, 6) is 0. The van der Waals surface area contributed by atoms with E-state index >= 15 is 0 Å². The number of nitrogens with one attached hydrogen (secondary N) is 1. The molecule has 0 unspecified atom stereocenters. The maximum Gasteiger partial charge on any atom is 0.0317 e. The number of anilines is 1. The minimum atomic E-state index is 0.112. The number of benzene rings is 2. The highest BCUT2D eigenvalue weighted by molar-refractivity contribution is 5.40. The number of nitrogens with two attached hydrogens (primary N) is 1. The lowest BCUT2D eigenvalue weighted by molar-refractivity contribution is 0.360. The van der Waals surface area contributed by atoms with E-state index in [-0.39, 0.29) is 5.54 Å². The lowest BCUT2D eigenvalue weighted by atomic mass is 9.95. The van der Waals surface area contributed by atoms with E-state index in [0.29, 0.717) is 0 Å². The molecule has 0 saturated heterocycles. The van der Waals surface area contributed by atoms with Gasteiger partial charge in [-0.3, -0.25) is 0 Å². The van der Waals surface area contributed by atoms with Crippen LogP contribution in [0.3, 0.4) is 0 Å². The largest absolute Gasteiger partial charge is 0.399 e. The van der Waals surface area contributed by atoms with E-state index in [4.69, 9.17) is 5.73 Å². The molecule has 2 heteroatoms. The topological polar surface area (TPSA) is 38.0 Å². The summed E-state index contributed by atoms with van der Waals surface area (Å²) in [6.07, 6.45) is 2.21. The predicted octanol–water partition coefficient (Wildman–Crippen LogP) is 3.77. The Morgan fingerprint density at radius 2 is 1.65 bits per heavy atom. The zero-order valence-electron chi connectivity index (χ0n) is 12.4. The third-order valence-electron chi connectivity index (χ3n) is 3.60. The maximum absolute atomic E-state index is 5.80. The number of aryl methyl sites for hydroxylation is 1. The van der Waals surface area contributed by atoms with Crippen molar-refractivity contribution in [2.24, 2.45) is 0 Å². The molecule has 2 nitrogen and oxygen atoms in total. The van der Waals surface area contributed by atoms with Gasteiger partial charge in [0.1, 0.15) is 0 Å². The molecule has 0 amide bonds. The van der Waals surface area contributed by atoms with E-state index in [1.54, 1.807) is 0 Å². The highest BCUT2D eigenvalue weighted by atomic mass is 14.9. The third-order valence-corrected chi connectivity index (χ3v) is 3.60. The summed E-state index contributed by atoms with van der Waals surface area (Å²) in [5, 5.41) is 3.62. The first-order chi connectivity index (χ1) is 9.55. The van der Waals surface area contributed by atoms with Gasteiger partial charge in [0.2, 0.25) is 0 Å². The van der Waals surface area contributed by atoms with E-state index in [9.17, 15) is 0 Å². The molecule has 0 atom stereocenters. The minimum Gasteiger partial charge on any atom is -0.399 e. The third kappa shape index (κ3) is 4.71. The summed E-state index contributed by atoms with van der Waals surface area (Å²) in [7, 11) is 0. The molecular formula is C18H24N2. The molecule has 0 saturated carbocycles. The van der Waals surface area contributed by atoms with Crippen molar-refractivity contribution in [1.82, 2.24) is 5.32 Å². The van der Waals surface area contributed by atoms with Crippen LogP contribution < -0.4 is 11.1 Å². The molecule has 0 fully saturated rings. The first kappa shape index (κ1) is 14.6. The summed E-state index contributed by atoms with van der Waals surface area (Å²) < 4.78 is 0. The molecule has 0 bridgehead atoms. The molecule has 0 aliphatic heterocycles. The SMILES string of the molecule is CC(C)(CCc1ccccc1)NCc1cccc(N)c1. The quantitative estimate of drug-likeness (QED) is 0.783. The fourth-order valence-corrected chi connectivity index (χ4v) is 2.23. The van der Waals surface area contributed by atoms with Crippen molar-refractivity contribution in [3.63, 3.8) is 0 Å². The van der Waals surface area contributed by atoms with Crippen LogP contribution in [0.15, 0.2) is 54.6 Å². The van der Waals surface area contributed by atoms with E-state index in [0.717, 1.165) is 25.1 Å². The van der Waals surface area contributed by atoms with Gasteiger partial charge >= 0.3 is 0 Å². The Bertz CT molecular complexity index is 532. The van der Waals surface area contributed by atoms with Gasteiger partial charge in [-0.05, 0) is 49.9 Å². The smallest absolute Gasteiger partial charge is 0.0317 e. The Morgan fingerprint density at radius 3 is 2.35 bits per heavy atom. The average molecular weight is 268 g/mol. The van der Waals surface area contributed by atoms with Crippen molar-refractivity contribution >= 4 is 5.69 Å². The van der Waals surface area contributed by atoms with Crippen LogP contribution in [0.5, 0.6) is 0 Å². The van der Waals surface area contributed by atoms with Crippen molar-refractivity contribution in [3.05, 3.63) is 65.7 Å². The second-order valence-corrected chi connectivity index (χ2v) is 5.97. The van der Waals surface area contributed by atoms with Crippen LogP contribution in [0.2, 0.25) is 0 Å². The van der Waals surface area contributed by atoms with Crippen LogP contribution in [-0.4, -0.2) is 5.54 Å². The van der Waals surface area contributed by atoms with Crippen molar-refractivity contribution in [2.45, 2.75) is 38.8 Å². The first-order valence-corrected chi connectivity index (χ1v) is 7.18. The molecule has 2 aromatic carbocycles. The Balaban J connectivity index is 1.84. The van der Waals surface area contributed by atoms with E-state index < -0.39 is 0 Å². The van der Waals surface area contributed by atoms with Crippen LogP contribution >= 0.6 is 0 Å². The molecule has 0 aromatic heterocycles. The van der Waals surface area contributed by atoms with Gasteiger partial charge in [0, 0.05) is 17.8 Å². The van der Waals surface area contributed by atoms with Gasteiger partial charge in [0.25, 0.3) is 0 Å². The number of rotatable bonds is 6. The first-order valence-electron chi connectivity index (χ1n) is 7.18. The highest BCUT2D eigenvalue weighted by Crippen LogP contribution is 2.15. The second-order valence-electron chi connectivity index (χ2n) is 5.97. The Labute approximate surface area is 122 Å². The Hall–Kier alpha value is -1.80. The second kappa shape index (κ2) is 6.58. The van der Waals surface area contributed by atoms with Crippen molar-refractivity contribution in [2.75, 3.05) is 5.73 Å². The fourth-order valence-electron chi connectivity index (χ4n) is 2.23. The zero-order valence-corrected chi connectivity index (χ0v) is 12.4. The van der Waals surface area contributed by atoms with Gasteiger partial charge in [-0.2, -0.15) is 0 Å². The fraction of sp³-hybridized carbons (Fsp3) is 0.333. The van der Waals surface area contributed by atoms with Crippen LogP contribution in [0.25, 0.3) is 0 Å². The van der Waals surface area contributed by atoms with E-state index in [1.807, 2.05) is 18.2 Å². The molecule has 3 N–H and O–H groups in total. The van der Waals surface area contributed by atoms with Gasteiger partial charge < -0.3 is 11.1 Å². The minimum absolute atomic E-state index is 0.112. The van der Waals surface area contributed by atoms with Crippen LogP contribution in [0, 0.1) is 0 Å². The lowest BCUT2D eigenvalue weighted by Gasteiger charge is -2.26. The van der Waals surface area contributed by atoms with Crippen molar-refractivity contribution in [3.8, 4) is 0 Å². The van der Waals surface area contributed by atoms with Gasteiger partial charge in [-0.1, -0.05) is 42.5 Å². The van der Waals surface area contributed by atoms with Gasteiger partial charge in [0.05, 0.1) is 0 Å². The summed E-state index contributed by atoms with van der Waals surface area (Å²) in [6.45, 7) is 5.36. The number of nitrogen functional groups attached to an aromatic ring is 1. The molecule has 0 aliphatic rings. The van der Waals surface area contributed by atoms with Crippen LogP contribution in [-0.2, 0) is 13.0 Å². The molecular weight excluding hydrogens is 244 g/mol. The van der Waals surface area contributed by atoms with Gasteiger partial charge in [-0.15, -0.1) is 0 Å². The molecule has 0 heterocycles. The Morgan fingerprint density at radius 1 is 0.950 bits per heavy atom. The predicted molar refractivity (Wildman–Crippen MR) is 86.5 cm³/mol. The Kier molecular flexibility index (Phi) is 4.80. The van der Waals surface area contributed by atoms with E-state index in [1.165, 1.54) is 11.1 Å². The summed E-state index contributed by atoms with van der Waals surface area (Å²) in [4.78, 5) is 0. The summed E-state index contributed by atoms with van der Waals surface area (Å²) >= 11 is 0. The zero-order chi connectivity index (χ0) is 14.4. The lowest BCUT2D eigenvalue weighted by Crippen LogP contribution is -2.39. The monoisotopic (exact) mass is 268 g/mol. The summed E-state index contributed by atoms with van der Waals surface area (Å²) in [5.41, 5.74) is 9.37. The molecule has 20 heavy (non-hydrogen) atoms. The van der Waals surface area contributed by atoms with Crippen LogP contribution in [0.1, 0.15) is 31.4 Å². The van der Waals surface area contributed by atoms with Gasteiger partial charge in [-0.25, -0.2) is 0 Å². The van der Waals surface area contributed by atoms with Crippen molar-refractivity contribution in [1.29, 1.82) is 0 Å². The maximum atomic E-state index is 5.80. The van der Waals surface area contributed by atoms with E-state index in [2.05, 4.69) is 55.6 Å². The molecule has 106 valence electrons. The molecule has 2 aromatic rings. The molecule has 0 aliphatic carbocycles. The van der Waals surface area contributed by atoms with Crippen LogP contribution in [0.4, 0.5) is 5.69 Å². The molecule has 0 spiro atoms. The standard InChI is InChI=1S/C18H24N2/c1-18(2,12-11-15-7-4-3-5-8-15)20-14-16-9-6-10-17(19)13-16/h3-10,13,20H,11-12,14,19H2,1-2H3. The normalized spacial score (nSPS) is 11.5. The van der Waals surface area contributed by atoms with Gasteiger partial charge in [0.15, 0.2) is 0 Å². The van der Waals surface area contributed by atoms with Crippen molar-refractivity contribution < 1.29 is 0 Å².